The van der Waals surface area contributed by atoms with Crippen molar-refractivity contribution in [2.45, 2.75) is 4.21 Å². The van der Waals surface area contributed by atoms with Crippen LogP contribution in [0.15, 0.2) is 14.1 Å². The summed E-state index contributed by atoms with van der Waals surface area (Å²) < 4.78 is 20.9. The van der Waals surface area contributed by atoms with E-state index in [9.17, 15) is 18.9 Å². The topological polar surface area (TPSA) is 83.3 Å². The minimum atomic E-state index is -2.40. The second-order valence-corrected chi connectivity index (χ2v) is 5.25. The molecule has 0 aliphatic rings. The van der Waals surface area contributed by atoms with Crippen LogP contribution in [-0.4, -0.2) is 13.7 Å². The summed E-state index contributed by atoms with van der Waals surface area (Å²) >= 11 is 1.30. The quantitative estimate of drug-likeness (QED) is 0.292. The van der Waals surface area contributed by atoms with Crippen molar-refractivity contribution in [3.8, 4) is 0 Å². The molecule has 0 fully saturated rings. The summed E-state index contributed by atoms with van der Waals surface area (Å²) in [6, 6.07) is 1.01. The maximum atomic E-state index is 10.4. The Labute approximate surface area is 110 Å². The second kappa shape index (κ2) is 5.54. The van der Waals surface area contributed by atoms with E-state index in [0.717, 1.165) is 17.4 Å². The fourth-order valence-electron chi connectivity index (χ4n) is 0.545. The van der Waals surface area contributed by atoms with Gasteiger partial charge in [0.15, 0.2) is 0 Å². The Bertz CT molecular complexity index is 354. The van der Waals surface area contributed by atoms with Gasteiger partial charge >= 0.3 is 29.6 Å². The van der Waals surface area contributed by atoms with E-state index in [0.29, 0.717) is 0 Å². The first-order valence-corrected chi connectivity index (χ1v) is 5.24. The van der Waals surface area contributed by atoms with Crippen molar-refractivity contribution < 1.29 is 43.2 Å². The molecule has 1 aromatic rings. The number of nitrogens with zero attached hydrogens (tertiary/aromatic N) is 1. The molecule has 0 radical (unpaired) electrons. The summed E-state index contributed by atoms with van der Waals surface area (Å²) in [4.78, 5) is 9.60. The largest absolute Gasteiger partial charge is 1.00 e. The number of halogens is 1. The predicted octanol–water partition coefficient (Wildman–Crippen LogP) is -1.34. The Morgan fingerprint density at radius 1 is 1.62 bits per heavy atom. The molecular formula is C4HBrNNaO4S2. The van der Waals surface area contributed by atoms with Crippen molar-refractivity contribution in [1.29, 1.82) is 0 Å². The summed E-state index contributed by atoms with van der Waals surface area (Å²) in [6.45, 7) is 0. The van der Waals surface area contributed by atoms with E-state index < -0.39 is 16.0 Å². The van der Waals surface area contributed by atoms with Crippen LogP contribution in [-0.2, 0) is 11.1 Å². The first-order chi connectivity index (χ1) is 5.52. The summed E-state index contributed by atoms with van der Waals surface area (Å²) in [5.74, 6) is 0. The smallest absolute Gasteiger partial charge is 0.768 e. The van der Waals surface area contributed by atoms with Gasteiger partial charge in [-0.3, -0.25) is 14.3 Å². The molecule has 0 aliphatic heterocycles. The van der Waals surface area contributed by atoms with E-state index in [2.05, 4.69) is 15.9 Å². The van der Waals surface area contributed by atoms with Crippen molar-refractivity contribution in [3.05, 3.63) is 20.0 Å². The number of rotatable bonds is 2. The van der Waals surface area contributed by atoms with E-state index in [1.807, 2.05) is 0 Å². The van der Waals surface area contributed by atoms with Crippen LogP contribution in [0.25, 0.3) is 0 Å². The number of hydrogen-bond donors (Lipinski definition) is 0. The summed E-state index contributed by atoms with van der Waals surface area (Å²) in [5.41, 5.74) is -0.223. The normalized spacial score (nSPS) is 11.8. The van der Waals surface area contributed by atoms with E-state index in [-0.39, 0.29) is 43.2 Å². The molecule has 0 bridgehead atoms. The summed E-state index contributed by atoms with van der Waals surface area (Å²) in [5, 5.41) is 10.2. The van der Waals surface area contributed by atoms with Gasteiger partial charge in [0.1, 0.15) is 3.79 Å². The molecule has 66 valence electrons. The molecule has 1 unspecified atom stereocenters. The first-order valence-electron chi connectivity index (χ1n) is 2.55. The summed E-state index contributed by atoms with van der Waals surface area (Å²) in [6.07, 6.45) is 0. The third-order valence-corrected chi connectivity index (χ3v) is 3.71. The van der Waals surface area contributed by atoms with Crippen molar-refractivity contribution in [2.75, 3.05) is 0 Å². The van der Waals surface area contributed by atoms with Crippen LogP contribution in [0.2, 0.25) is 0 Å². The van der Waals surface area contributed by atoms with E-state index in [1.54, 1.807) is 0 Å². The fraction of sp³-hybridized carbons (Fsp3) is 0. The molecule has 1 rings (SSSR count). The summed E-state index contributed by atoms with van der Waals surface area (Å²) in [7, 11) is 0. The van der Waals surface area contributed by atoms with Gasteiger partial charge in [-0.1, -0.05) is 0 Å². The molecule has 1 heterocycles. The zero-order valence-electron chi connectivity index (χ0n) is 6.35. The Morgan fingerprint density at radius 3 is 2.38 bits per heavy atom. The van der Waals surface area contributed by atoms with Crippen molar-refractivity contribution >= 4 is 44.0 Å². The third-order valence-electron chi connectivity index (χ3n) is 1.01. The average molecular weight is 294 g/mol. The van der Waals surface area contributed by atoms with Crippen LogP contribution in [0, 0.1) is 10.1 Å². The number of thiophene rings is 1. The van der Waals surface area contributed by atoms with Crippen LogP contribution >= 0.6 is 27.3 Å². The van der Waals surface area contributed by atoms with Gasteiger partial charge in [0, 0.05) is 6.07 Å². The predicted molar refractivity (Wildman–Crippen MR) is 45.9 cm³/mol. The standard InChI is InChI=1S/C4H2BrNO4S2.Na/c5-4-2(6(7)8)1-3(11-4)12(9)10;/h1H,(H,9,10);/q;+1/p-1. The Hall–Kier alpha value is 0.690. The van der Waals surface area contributed by atoms with Crippen LogP contribution in [0.4, 0.5) is 5.69 Å². The average Bonchev–Trinajstić information content (AvgIpc) is 2.30. The van der Waals surface area contributed by atoms with Crippen molar-refractivity contribution in [3.63, 3.8) is 0 Å². The van der Waals surface area contributed by atoms with E-state index >= 15 is 0 Å². The molecule has 13 heavy (non-hydrogen) atoms. The van der Waals surface area contributed by atoms with Crippen LogP contribution in [0.3, 0.4) is 0 Å². The molecule has 0 N–H and O–H groups in total. The molecule has 1 aromatic heterocycles. The Kier molecular flexibility index (Phi) is 5.84. The molecule has 0 aliphatic carbocycles. The van der Waals surface area contributed by atoms with Gasteiger partial charge in [0.25, 0.3) is 5.69 Å². The Balaban J connectivity index is 0.00000144. The van der Waals surface area contributed by atoms with Gasteiger partial charge in [-0.05, 0) is 27.0 Å². The SMILES string of the molecule is O=[N+]([O-])c1cc(S(=O)[O-])sc1Br.[Na+]. The van der Waals surface area contributed by atoms with Crippen LogP contribution < -0.4 is 29.6 Å². The van der Waals surface area contributed by atoms with Gasteiger partial charge in [0.05, 0.1) is 9.13 Å². The molecular weight excluding hydrogens is 293 g/mol. The molecule has 0 saturated carbocycles. The molecule has 5 nitrogen and oxygen atoms in total. The van der Waals surface area contributed by atoms with Gasteiger partial charge in [-0.25, -0.2) is 0 Å². The zero-order chi connectivity index (χ0) is 9.30. The van der Waals surface area contributed by atoms with Crippen LogP contribution in [0.5, 0.6) is 0 Å². The molecule has 0 aromatic carbocycles. The number of hydrogen-bond acceptors (Lipinski definition) is 5. The van der Waals surface area contributed by atoms with Gasteiger partial charge in [-0.15, -0.1) is 11.3 Å². The molecule has 1 atom stereocenters. The van der Waals surface area contributed by atoms with Crippen molar-refractivity contribution in [1.82, 2.24) is 0 Å². The monoisotopic (exact) mass is 293 g/mol. The maximum Gasteiger partial charge on any atom is 1.00 e. The van der Waals surface area contributed by atoms with Gasteiger partial charge in [0.2, 0.25) is 0 Å². The molecule has 0 spiro atoms. The minimum absolute atomic E-state index is 0. The van der Waals surface area contributed by atoms with E-state index in [1.165, 1.54) is 0 Å². The molecule has 9 heteroatoms. The fourth-order valence-corrected chi connectivity index (χ4v) is 2.96. The molecule has 0 amide bonds. The van der Waals surface area contributed by atoms with Gasteiger partial charge < -0.3 is 4.55 Å². The second-order valence-electron chi connectivity index (χ2n) is 1.72. The van der Waals surface area contributed by atoms with Crippen molar-refractivity contribution in [2.24, 2.45) is 0 Å². The molecule has 0 saturated heterocycles. The zero-order valence-corrected chi connectivity index (χ0v) is 11.6. The van der Waals surface area contributed by atoms with Gasteiger partial charge in [-0.2, -0.15) is 0 Å². The van der Waals surface area contributed by atoms with E-state index in [4.69, 9.17) is 0 Å². The first kappa shape index (κ1) is 13.7. The maximum absolute atomic E-state index is 10.4. The van der Waals surface area contributed by atoms with Crippen LogP contribution in [0.1, 0.15) is 0 Å². The minimum Gasteiger partial charge on any atom is -0.768 e. The third kappa shape index (κ3) is 3.39. The Morgan fingerprint density at radius 2 is 2.15 bits per heavy atom. The number of nitro groups is 1.